The highest BCUT2D eigenvalue weighted by Gasteiger charge is 2.17. The lowest BCUT2D eigenvalue weighted by atomic mass is 10.2. The molecule has 0 saturated carbocycles. The average molecular weight is 328 g/mol. The van der Waals surface area contributed by atoms with Crippen LogP contribution in [0, 0.1) is 0 Å². The number of rotatable bonds is 2. The van der Waals surface area contributed by atoms with Gasteiger partial charge in [0.2, 0.25) is 0 Å². The summed E-state index contributed by atoms with van der Waals surface area (Å²) in [5.74, 6) is -1.02. The molecule has 0 aromatic heterocycles. The van der Waals surface area contributed by atoms with Gasteiger partial charge in [-0.15, -0.1) is 0 Å². The molecular weight excluding hydrogens is 314 g/mol. The van der Waals surface area contributed by atoms with Crippen LogP contribution < -0.4 is 10.6 Å². The standard InChI is InChI=1S/C12H14BrN3O3/c13-9-2-1-8(11(17)18)7-10(9)15-12(19)16-5-3-14-4-6-16/h1-2,7,14H,3-6H2,(H,15,19)(H,17,18). The number of carbonyl (C=O) groups excluding carboxylic acids is 1. The van der Waals surface area contributed by atoms with E-state index in [4.69, 9.17) is 5.11 Å². The van der Waals surface area contributed by atoms with Gasteiger partial charge in [0.1, 0.15) is 0 Å². The molecule has 0 spiro atoms. The zero-order chi connectivity index (χ0) is 13.8. The van der Waals surface area contributed by atoms with Gasteiger partial charge in [0.15, 0.2) is 0 Å². The smallest absolute Gasteiger partial charge is 0.335 e. The predicted molar refractivity (Wildman–Crippen MR) is 74.6 cm³/mol. The third-order valence-corrected chi connectivity index (χ3v) is 3.55. The van der Waals surface area contributed by atoms with Crippen LogP contribution in [-0.4, -0.2) is 48.2 Å². The highest BCUT2D eigenvalue weighted by molar-refractivity contribution is 9.10. The number of hydrogen-bond acceptors (Lipinski definition) is 3. The second kappa shape index (κ2) is 6.03. The number of carbonyl (C=O) groups is 2. The van der Waals surface area contributed by atoms with Crippen molar-refractivity contribution in [3.63, 3.8) is 0 Å². The van der Waals surface area contributed by atoms with Crippen LogP contribution >= 0.6 is 15.9 Å². The summed E-state index contributed by atoms with van der Waals surface area (Å²) in [4.78, 5) is 24.6. The van der Waals surface area contributed by atoms with Gasteiger partial charge in [-0.3, -0.25) is 0 Å². The minimum atomic E-state index is -1.02. The fourth-order valence-corrected chi connectivity index (χ4v) is 2.16. The highest BCUT2D eigenvalue weighted by atomic mass is 79.9. The number of hydrogen-bond donors (Lipinski definition) is 3. The van der Waals surface area contributed by atoms with E-state index >= 15 is 0 Å². The van der Waals surface area contributed by atoms with Crippen LogP contribution in [-0.2, 0) is 0 Å². The fourth-order valence-electron chi connectivity index (χ4n) is 1.82. The minimum Gasteiger partial charge on any atom is -0.478 e. The second-order valence-electron chi connectivity index (χ2n) is 4.17. The maximum atomic E-state index is 12.0. The van der Waals surface area contributed by atoms with Crippen LogP contribution in [0.5, 0.6) is 0 Å². The summed E-state index contributed by atoms with van der Waals surface area (Å²) in [5.41, 5.74) is 0.599. The molecule has 0 radical (unpaired) electrons. The second-order valence-corrected chi connectivity index (χ2v) is 5.02. The number of benzene rings is 1. The van der Waals surface area contributed by atoms with E-state index < -0.39 is 5.97 Å². The van der Waals surface area contributed by atoms with Crippen LogP contribution in [0.15, 0.2) is 22.7 Å². The van der Waals surface area contributed by atoms with E-state index in [9.17, 15) is 9.59 Å². The number of piperazine rings is 1. The summed E-state index contributed by atoms with van der Waals surface area (Å²) >= 11 is 3.29. The van der Waals surface area contributed by atoms with Gasteiger partial charge in [0.05, 0.1) is 11.3 Å². The van der Waals surface area contributed by atoms with Gasteiger partial charge in [-0.1, -0.05) is 0 Å². The van der Waals surface area contributed by atoms with E-state index in [0.717, 1.165) is 13.1 Å². The topological polar surface area (TPSA) is 81.7 Å². The van der Waals surface area contributed by atoms with Crippen molar-refractivity contribution < 1.29 is 14.7 Å². The molecule has 2 rings (SSSR count). The Bertz CT molecular complexity index is 501. The minimum absolute atomic E-state index is 0.138. The summed E-state index contributed by atoms with van der Waals surface area (Å²) in [6, 6.07) is 4.31. The van der Waals surface area contributed by atoms with Gasteiger partial charge in [-0.05, 0) is 34.1 Å². The molecule has 7 heteroatoms. The van der Waals surface area contributed by atoms with Crippen LogP contribution in [0.25, 0.3) is 0 Å². The van der Waals surface area contributed by atoms with Crippen molar-refractivity contribution in [2.24, 2.45) is 0 Å². The van der Waals surface area contributed by atoms with Crippen LogP contribution in [0.3, 0.4) is 0 Å². The number of urea groups is 1. The fraction of sp³-hybridized carbons (Fsp3) is 0.333. The molecule has 102 valence electrons. The summed E-state index contributed by atoms with van der Waals surface area (Å²) in [6.07, 6.45) is 0. The summed E-state index contributed by atoms with van der Waals surface area (Å²) in [7, 11) is 0. The van der Waals surface area contributed by atoms with E-state index in [2.05, 4.69) is 26.6 Å². The average Bonchev–Trinajstić information content (AvgIpc) is 2.42. The number of aromatic carboxylic acids is 1. The van der Waals surface area contributed by atoms with Gasteiger partial charge in [0, 0.05) is 30.7 Å². The van der Waals surface area contributed by atoms with Crippen molar-refractivity contribution in [3.8, 4) is 0 Å². The molecule has 6 nitrogen and oxygen atoms in total. The maximum absolute atomic E-state index is 12.0. The Hall–Kier alpha value is -1.60. The normalized spacial score (nSPS) is 15.1. The van der Waals surface area contributed by atoms with Crippen molar-refractivity contribution in [2.75, 3.05) is 31.5 Å². The molecule has 0 unspecified atom stereocenters. The maximum Gasteiger partial charge on any atom is 0.335 e. The first kappa shape index (κ1) is 13.8. The first-order valence-corrected chi connectivity index (χ1v) is 6.67. The number of carboxylic acid groups (broad SMARTS) is 1. The number of nitrogens with zero attached hydrogens (tertiary/aromatic N) is 1. The van der Waals surface area contributed by atoms with Crippen molar-refractivity contribution in [1.82, 2.24) is 10.2 Å². The SMILES string of the molecule is O=C(O)c1ccc(Br)c(NC(=O)N2CCNCC2)c1. The van der Waals surface area contributed by atoms with E-state index in [1.165, 1.54) is 12.1 Å². The Morgan fingerprint density at radius 3 is 2.63 bits per heavy atom. The van der Waals surface area contributed by atoms with E-state index in [1.807, 2.05) is 0 Å². The Balaban J connectivity index is 2.11. The number of nitrogens with one attached hydrogen (secondary N) is 2. The predicted octanol–water partition coefficient (Wildman–Crippen LogP) is 1.58. The molecular formula is C12H14BrN3O3. The van der Waals surface area contributed by atoms with Crippen molar-refractivity contribution in [3.05, 3.63) is 28.2 Å². The largest absolute Gasteiger partial charge is 0.478 e. The quantitative estimate of drug-likeness (QED) is 0.770. The molecule has 0 aliphatic carbocycles. The van der Waals surface area contributed by atoms with E-state index in [0.29, 0.717) is 23.2 Å². The van der Waals surface area contributed by atoms with E-state index in [1.54, 1.807) is 11.0 Å². The Morgan fingerprint density at radius 1 is 1.32 bits per heavy atom. The lowest BCUT2D eigenvalue weighted by molar-refractivity contribution is 0.0697. The molecule has 0 atom stereocenters. The first-order valence-electron chi connectivity index (χ1n) is 5.87. The number of anilines is 1. The first-order chi connectivity index (χ1) is 9.08. The number of carboxylic acids is 1. The van der Waals surface area contributed by atoms with Gasteiger partial charge in [-0.25, -0.2) is 9.59 Å². The number of halogens is 1. The van der Waals surface area contributed by atoms with Crippen molar-refractivity contribution >= 4 is 33.6 Å². The zero-order valence-corrected chi connectivity index (χ0v) is 11.7. The van der Waals surface area contributed by atoms with Crippen LogP contribution in [0.2, 0.25) is 0 Å². The molecule has 1 fully saturated rings. The third kappa shape index (κ3) is 3.45. The molecule has 1 aromatic carbocycles. The van der Waals surface area contributed by atoms with Crippen LogP contribution in [0.1, 0.15) is 10.4 Å². The van der Waals surface area contributed by atoms with Gasteiger partial charge in [-0.2, -0.15) is 0 Å². The van der Waals surface area contributed by atoms with Crippen molar-refractivity contribution in [2.45, 2.75) is 0 Å². The highest BCUT2D eigenvalue weighted by Crippen LogP contribution is 2.24. The number of amides is 2. The molecule has 1 saturated heterocycles. The molecule has 0 bridgehead atoms. The molecule has 1 aliphatic rings. The molecule has 1 aromatic rings. The summed E-state index contributed by atoms with van der Waals surface area (Å²) < 4.78 is 0.654. The Morgan fingerprint density at radius 2 is 2.00 bits per heavy atom. The Kier molecular flexibility index (Phi) is 4.39. The molecule has 2 amide bonds. The molecule has 1 heterocycles. The molecule has 19 heavy (non-hydrogen) atoms. The van der Waals surface area contributed by atoms with Crippen molar-refractivity contribution in [1.29, 1.82) is 0 Å². The van der Waals surface area contributed by atoms with Gasteiger partial charge in [0.25, 0.3) is 0 Å². The molecule has 1 aliphatic heterocycles. The van der Waals surface area contributed by atoms with Crippen LogP contribution in [0.4, 0.5) is 10.5 Å². The monoisotopic (exact) mass is 327 g/mol. The van der Waals surface area contributed by atoms with Gasteiger partial charge >= 0.3 is 12.0 Å². The summed E-state index contributed by atoms with van der Waals surface area (Å²) in [5, 5.41) is 14.8. The lowest BCUT2D eigenvalue weighted by Gasteiger charge is -2.27. The molecule has 3 N–H and O–H groups in total. The lowest BCUT2D eigenvalue weighted by Crippen LogP contribution is -2.48. The van der Waals surface area contributed by atoms with Gasteiger partial charge < -0.3 is 20.6 Å². The third-order valence-electron chi connectivity index (χ3n) is 2.86. The zero-order valence-electron chi connectivity index (χ0n) is 10.1. The Labute approximate surface area is 118 Å². The summed E-state index contributed by atoms with van der Waals surface area (Å²) in [6.45, 7) is 2.82. The van der Waals surface area contributed by atoms with E-state index in [-0.39, 0.29) is 11.6 Å².